The lowest BCUT2D eigenvalue weighted by atomic mass is 10.1. The van der Waals surface area contributed by atoms with Crippen LogP contribution in [-0.4, -0.2) is 10.9 Å². The summed E-state index contributed by atoms with van der Waals surface area (Å²) in [4.78, 5) is 19.0. The van der Waals surface area contributed by atoms with Crippen LogP contribution < -0.4 is 11.1 Å². The number of hydrogen-bond acceptors (Lipinski definition) is 4. The second-order valence-electron chi connectivity index (χ2n) is 6.72. The number of nitrogen functional groups attached to an aromatic ring is 1. The molecule has 3 aromatic rings. The van der Waals surface area contributed by atoms with Crippen LogP contribution >= 0.6 is 22.9 Å². The van der Waals surface area contributed by atoms with Gasteiger partial charge in [0.25, 0.3) is 5.91 Å². The van der Waals surface area contributed by atoms with Gasteiger partial charge in [-0.05, 0) is 61.9 Å². The standard InChI is InChI=1S/C20H20ClN3OS/c1-11-14(21)7-5-9-15(11)23-19(25)18-17(22)13-10-12-6-3-2-4-8-16(12)24-20(13)26-18/h5,7,9-10H,2-4,6,8,22H2,1H3,(H,23,25). The second-order valence-corrected chi connectivity index (χ2v) is 8.13. The summed E-state index contributed by atoms with van der Waals surface area (Å²) in [5.41, 5.74) is 10.8. The van der Waals surface area contributed by atoms with Crippen LogP contribution in [0.25, 0.3) is 10.2 Å². The molecular formula is C20H20ClN3OS. The first-order valence-corrected chi connectivity index (χ1v) is 10.0. The van der Waals surface area contributed by atoms with E-state index in [9.17, 15) is 4.79 Å². The van der Waals surface area contributed by atoms with Gasteiger partial charge in [-0.2, -0.15) is 0 Å². The third kappa shape index (κ3) is 3.06. The number of nitrogens with one attached hydrogen (secondary N) is 1. The number of thiophene rings is 1. The summed E-state index contributed by atoms with van der Waals surface area (Å²) in [5, 5.41) is 4.44. The smallest absolute Gasteiger partial charge is 0.267 e. The van der Waals surface area contributed by atoms with Crippen molar-refractivity contribution in [2.75, 3.05) is 11.1 Å². The number of pyridine rings is 1. The van der Waals surface area contributed by atoms with E-state index < -0.39 is 0 Å². The molecule has 1 aromatic carbocycles. The van der Waals surface area contributed by atoms with E-state index in [1.54, 1.807) is 6.07 Å². The number of rotatable bonds is 2. The van der Waals surface area contributed by atoms with Crippen LogP contribution in [0.15, 0.2) is 24.3 Å². The number of anilines is 2. The lowest BCUT2D eigenvalue weighted by Gasteiger charge is -2.08. The maximum atomic E-state index is 12.8. The highest BCUT2D eigenvalue weighted by atomic mass is 35.5. The molecule has 4 rings (SSSR count). The van der Waals surface area contributed by atoms with Crippen molar-refractivity contribution in [3.05, 3.63) is 51.0 Å². The highest BCUT2D eigenvalue weighted by Crippen LogP contribution is 2.36. The number of amides is 1. The van der Waals surface area contributed by atoms with Crippen molar-refractivity contribution in [3.8, 4) is 0 Å². The minimum atomic E-state index is -0.217. The van der Waals surface area contributed by atoms with E-state index in [0.29, 0.717) is 21.3 Å². The molecule has 0 atom stereocenters. The number of nitrogens with two attached hydrogens (primary N) is 1. The van der Waals surface area contributed by atoms with Crippen LogP contribution in [0.4, 0.5) is 11.4 Å². The average molecular weight is 386 g/mol. The van der Waals surface area contributed by atoms with Crippen molar-refractivity contribution >= 4 is 50.4 Å². The normalized spacial score (nSPS) is 14.1. The van der Waals surface area contributed by atoms with E-state index in [1.165, 1.54) is 36.2 Å². The Labute approximate surface area is 161 Å². The molecule has 0 unspecified atom stereocenters. The zero-order chi connectivity index (χ0) is 18.3. The van der Waals surface area contributed by atoms with Gasteiger partial charge in [-0.15, -0.1) is 11.3 Å². The highest BCUT2D eigenvalue weighted by molar-refractivity contribution is 7.21. The SMILES string of the molecule is Cc1c(Cl)cccc1NC(=O)c1sc2nc3c(cc2c1N)CCCCC3. The molecule has 1 aliphatic carbocycles. The van der Waals surface area contributed by atoms with E-state index >= 15 is 0 Å². The molecule has 0 spiro atoms. The zero-order valence-electron chi connectivity index (χ0n) is 14.6. The minimum Gasteiger partial charge on any atom is -0.397 e. The molecule has 1 aliphatic rings. The summed E-state index contributed by atoms with van der Waals surface area (Å²) in [6.45, 7) is 1.88. The van der Waals surface area contributed by atoms with Crippen molar-refractivity contribution in [1.29, 1.82) is 0 Å². The average Bonchev–Trinajstić information content (AvgIpc) is 2.80. The van der Waals surface area contributed by atoms with E-state index in [2.05, 4.69) is 11.4 Å². The molecule has 4 nitrogen and oxygen atoms in total. The Balaban J connectivity index is 1.71. The van der Waals surface area contributed by atoms with Gasteiger partial charge in [0.2, 0.25) is 0 Å². The van der Waals surface area contributed by atoms with Crippen LogP contribution in [0.3, 0.4) is 0 Å². The van der Waals surface area contributed by atoms with E-state index in [1.807, 2.05) is 19.1 Å². The van der Waals surface area contributed by atoms with E-state index in [4.69, 9.17) is 22.3 Å². The predicted molar refractivity (Wildman–Crippen MR) is 109 cm³/mol. The van der Waals surface area contributed by atoms with Gasteiger partial charge in [-0.25, -0.2) is 4.98 Å². The van der Waals surface area contributed by atoms with Gasteiger partial charge in [-0.3, -0.25) is 4.79 Å². The van der Waals surface area contributed by atoms with Gasteiger partial charge >= 0.3 is 0 Å². The lowest BCUT2D eigenvalue weighted by Crippen LogP contribution is -2.12. The lowest BCUT2D eigenvalue weighted by molar-refractivity contribution is 0.103. The number of carbonyl (C=O) groups excluding carboxylic acids is 1. The summed E-state index contributed by atoms with van der Waals surface area (Å²) < 4.78 is 0. The third-order valence-corrected chi connectivity index (χ3v) is 6.49. The Kier molecular flexibility index (Phi) is 4.59. The molecule has 0 fully saturated rings. The van der Waals surface area contributed by atoms with Crippen molar-refractivity contribution in [2.24, 2.45) is 0 Å². The fraction of sp³-hybridized carbons (Fsp3) is 0.300. The Morgan fingerprint density at radius 2 is 2.08 bits per heavy atom. The molecule has 134 valence electrons. The van der Waals surface area contributed by atoms with Gasteiger partial charge in [0.05, 0.1) is 5.69 Å². The first-order chi connectivity index (χ1) is 12.5. The Morgan fingerprint density at radius 3 is 2.92 bits per heavy atom. The first-order valence-electron chi connectivity index (χ1n) is 8.82. The number of halogens is 1. The quantitative estimate of drug-likeness (QED) is 0.583. The van der Waals surface area contributed by atoms with Crippen molar-refractivity contribution in [2.45, 2.75) is 39.0 Å². The minimum absolute atomic E-state index is 0.217. The number of benzene rings is 1. The Bertz CT molecular complexity index is 1010. The molecule has 26 heavy (non-hydrogen) atoms. The second kappa shape index (κ2) is 6.89. The van der Waals surface area contributed by atoms with Gasteiger partial charge in [0, 0.05) is 21.8 Å². The van der Waals surface area contributed by atoms with Crippen LogP contribution in [0.2, 0.25) is 5.02 Å². The molecule has 0 aliphatic heterocycles. The number of hydrogen-bond donors (Lipinski definition) is 2. The summed E-state index contributed by atoms with van der Waals surface area (Å²) in [7, 11) is 0. The maximum Gasteiger partial charge on any atom is 0.267 e. The Morgan fingerprint density at radius 1 is 1.27 bits per heavy atom. The molecule has 2 aromatic heterocycles. The first kappa shape index (κ1) is 17.3. The van der Waals surface area contributed by atoms with Gasteiger partial charge in [0.15, 0.2) is 0 Å². The van der Waals surface area contributed by atoms with Crippen LogP contribution in [-0.2, 0) is 12.8 Å². The van der Waals surface area contributed by atoms with Crippen LogP contribution in [0, 0.1) is 6.92 Å². The molecule has 3 N–H and O–H groups in total. The molecule has 1 amide bonds. The summed E-state index contributed by atoms with van der Waals surface area (Å²) in [6.07, 6.45) is 5.65. The number of aryl methyl sites for hydroxylation is 2. The van der Waals surface area contributed by atoms with Crippen LogP contribution in [0.5, 0.6) is 0 Å². The number of carbonyl (C=O) groups is 1. The third-order valence-electron chi connectivity index (χ3n) is 4.97. The van der Waals surface area contributed by atoms with E-state index in [-0.39, 0.29) is 5.91 Å². The number of nitrogens with zero attached hydrogens (tertiary/aromatic N) is 1. The predicted octanol–water partition coefficient (Wildman–Crippen LogP) is 5.36. The van der Waals surface area contributed by atoms with Crippen LogP contribution in [0.1, 0.15) is 45.8 Å². The van der Waals surface area contributed by atoms with E-state index in [0.717, 1.165) is 34.3 Å². The van der Waals surface area contributed by atoms with Crippen molar-refractivity contribution < 1.29 is 4.79 Å². The summed E-state index contributed by atoms with van der Waals surface area (Å²) in [5.74, 6) is -0.217. The summed E-state index contributed by atoms with van der Waals surface area (Å²) in [6, 6.07) is 7.59. The molecular weight excluding hydrogens is 366 g/mol. The van der Waals surface area contributed by atoms with Crippen molar-refractivity contribution in [1.82, 2.24) is 4.98 Å². The maximum absolute atomic E-state index is 12.8. The topological polar surface area (TPSA) is 68.0 Å². The zero-order valence-corrected chi connectivity index (χ0v) is 16.1. The molecule has 6 heteroatoms. The number of aromatic nitrogens is 1. The largest absolute Gasteiger partial charge is 0.397 e. The van der Waals surface area contributed by atoms with Gasteiger partial charge < -0.3 is 11.1 Å². The Hall–Kier alpha value is -2.11. The number of fused-ring (bicyclic) bond motifs is 2. The molecule has 0 bridgehead atoms. The van der Waals surface area contributed by atoms with Gasteiger partial charge in [0.1, 0.15) is 9.71 Å². The monoisotopic (exact) mass is 385 g/mol. The highest BCUT2D eigenvalue weighted by Gasteiger charge is 2.20. The molecule has 0 saturated heterocycles. The van der Waals surface area contributed by atoms with Gasteiger partial charge in [-0.1, -0.05) is 24.1 Å². The molecule has 2 heterocycles. The summed E-state index contributed by atoms with van der Waals surface area (Å²) >= 11 is 7.50. The fourth-order valence-electron chi connectivity index (χ4n) is 3.43. The van der Waals surface area contributed by atoms with Crippen molar-refractivity contribution in [3.63, 3.8) is 0 Å². The molecule has 0 saturated carbocycles. The molecule has 0 radical (unpaired) electrons. The fourth-order valence-corrected chi connectivity index (χ4v) is 4.59.